The number of aliphatic carboxylic acids is 1. The van der Waals surface area contributed by atoms with Gasteiger partial charge in [0.1, 0.15) is 5.69 Å². The fourth-order valence-corrected chi connectivity index (χ4v) is 0.660. The van der Waals surface area contributed by atoms with Gasteiger partial charge in [-0.25, -0.2) is 4.79 Å². The molecule has 1 aromatic heterocycles. The molecule has 0 bridgehead atoms. The zero-order valence-electron chi connectivity index (χ0n) is 6.43. The average Bonchev–Trinajstić information content (AvgIpc) is 2.06. The zero-order chi connectivity index (χ0) is 9.19. The highest BCUT2D eigenvalue weighted by molar-refractivity contribution is 5.77. The molecule has 0 aliphatic rings. The molecule has 1 aromatic rings. The molecule has 0 saturated carbocycles. The predicted octanol–water partition coefficient (Wildman–Crippen LogP) is -0.231. The van der Waals surface area contributed by atoms with Crippen molar-refractivity contribution < 1.29 is 15.0 Å². The Morgan fingerprint density at radius 1 is 1.58 bits per heavy atom. The maximum absolute atomic E-state index is 10.5. The van der Waals surface area contributed by atoms with Crippen LogP contribution in [0, 0.1) is 0 Å². The minimum Gasteiger partial charge on any atom is -0.479 e. The predicted molar refractivity (Wildman–Crippen MR) is 39.2 cm³/mol. The van der Waals surface area contributed by atoms with E-state index in [1.807, 2.05) is 0 Å². The molecule has 2 N–H and O–H groups in total. The van der Waals surface area contributed by atoms with Crippen LogP contribution in [0.3, 0.4) is 0 Å². The fraction of sp³-hybridized carbons (Fsp3) is 0.286. The first-order valence-corrected chi connectivity index (χ1v) is 3.27. The van der Waals surface area contributed by atoms with Gasteiger partial charge in [-0.15, -0.1) is 0 Å². The highest BCUT2D eigenvalue weighted by Crippen LogP contribution is 2.16. The van der Waals surface area contributed by atoms with Crippen molar-refractivity contribution in [3.8, 4) is 0 Å². The lowest BCUT2D eigenvalue weighted by atomic mass is 10.0. The lowest BCUT2D eigenvalue weighted by molar-refractivity contribution is -0.158. The van der Waals surface area contributed by atoms with Crippen molar-refractivity contribution in [3.63, 3.8) is 0 Å². The topological polar surface area (TPSA) is 83.3 Å². The van der Waals surface area contributed by atoms with Crippen LogP contribution in [-0.4, -0.2) is 26.2 Å². The maximum Gasteiger partial charge on any atom is 0.341 e. The van der Waals surface area contributed by atoms with Crippen LogP contribution in [0.25, 0.3) is 0 Å². The summed E-state index contributed by atoms with van der Waals surface area (Å²) in [6, 6.07) is 0. The van der Waals surface area contributed by atoms with E-state index in [2.05, 4.69) is 9.97 Å². The third-order valence-electron chi connectivity index (χ3n) is 1.48. The van der Waals surface area contributed by atoms with Crippen molar-refractivity contribution in [2.75, 3.05) is 0 Å². The molecule has 0 aliphatic heterocycles. The van der Waals surface area contributed by atoms with Gasteiger partial charge in [-0.1, -0.05) is 0 Å². The van der Waals surface area contributed by atoms with Crippen LogP contribution < -0.4 is 0 Å². The molecule has 1 heterocycles. The van der Waals surface area contributed by atoms with Crippen LogP contribution in [0.5, 0.6) is 0 Å². The lowest BCUT2D eigenvalue weighted by Gasteiger charge is -2.15. The standard InChI is InChI=1S/C7H8N2O3/c1-7(12,6(10)11)5-4-8-2-3-9-5/h2-4,12H,1H3,(H,10,11)/t7-/m1/s1. The summed E-state index contributed by atoms with van der Waals surface area (Å²) in [7, 11) is 0. The van der Waals surface area contributed by atoms with E-state index in [4.69, 9.17) is 5.11 Å². The van der Waals surface area contributed by atoms with Gasteiger partial charge < -0.3 is 10.2 Å². The molecular formula is C7H8N2O3. The lowest BCUT2D eigenvalue weighted by Crippen LogP contribution is -2.32. The highest BCUT2D eigenvalue weighted by atomic mass is 16.4. The molecule has 0 unspecified atom stereocenters. The Balaban J connectivity index is 3.06. The van der Waals surface area contributed by atoms with E-state index < -0.39 is 11.6 Å². The van der Waals surface area contributed by atoms with Crippen LogP contribution >= 0.6 is 0 Å². The van der Waals surface area contributed by atoms with Gasteiger partial charge in [-0.3, -0.25) is 9.97 Å². The third kappa shape index (κ3) is 1.40. The molecule has 0 radical (unpaired) electrons. The number of carboxylic acids is 1. The van der Waals surface area contributed by atoms with Crippen molar-refractivity contribution in [2.24, 2.45) is 0 Å². The van der Waals surface area contributed by atoms with Gasteiger partial charge in [-0.2, -0.15) is 0 Å². The Morgan fingerprint density at radius 3 is 2.67 bits per heavy atom. The number of carbonyl (C=O) groups is 1. The molecule has 0 spiro atoms. The van der Waals surface area contributed by atoms with Gasteiger partial charge in [0.05, 0.1) is 6.20 Å². The summed E-state index contributed by atoms with van der Waals surface area (Å²) in [5.74, 6) is -1.34. The molecular weight excluding hydrogens is 160 g/mol. The van der Waals surface area contributed by atoms with Crippen LogP contribution in [0.4, 0.5) is 0 Å². The van der Waals surface area contributed by atoms with Gasteiger partial charge in [0.15, 0.2) is 0 Å². The first kappa shape index (κ1) is 8.61. The fourth-order valence-electron chi connectivity index (χ4n) is 0.660. The molecule has 5 heteroatoms. The monoisotopic (exact) mass is 168 g/mol. The summed E-state index contributed by atoms with van der Waals surface area (Å²) < 4.78 is 0. The smallest absolute Gasteiger partial charge is 0.341 e. The average molecular weight is 168 g/mol. The van der Waals surface area contributed by atoms with Crippen LogP contribution in [0.2, 0.25) is 0 Å². The van der Waals surface area contributed by atoms with E-state index >= 15 is 0 Å². The molecule has 0 amide bonds. The summed E-state index contributed by atoms with van der Waals surface area (Å²) in [6.45, 7) is 1.15. The van der Waals surface area contributed by atoms with Crippen molar-refractivity contribution in [3.05, 3.63) is 24.3 Å². The molecule has 0 fully saturated rings. The van der Waals surface area contributed by atoms with E-state index in [9.17, 15) is 9.90 Å². The first-order valence-electron chi connectivity index (χ1n) is 3.27. The Hall–Kier alpha value is -1.49. The minimum atomic E-state index is -1.96. The SMILES string of the molecule is C[C@](O)(C(=O)O)c1cnccn1. The van der Waals surface area contributed by atoms with Crippen molar-refractivity contribution in [2.45, 2.75) is 12.5 Å². The number of hydrogen-bond acceptors (Lipinski definition) is 4. The number of hydrogen-bond donors (Lipinski definition) is 2. The van der Waals surface area contributed by atoms with Crippen LogP contribution in [0.1, 0.15) is 12.6 Å². The van der Waals surface area contributed by atoms with E-state index in [0.717, 1.165) is 6.92 Å². The van der Waals surface area contributed by atoms with Gasteiger partial charge >= 0.3 is 5.97 Å². The number of aromatic nitrogens is 2. The number of carboxylic acid groups (broad SMARTS) is 1. The third-order valence-corrected chi connectivity index (χ3v) is 1.48. The summed E-state index contributed by atoms with van der Waals surface area (Å²) in [6.07, 6.45) is 3.95. The van der Waals surface area contributed by atoms with Crippen LogP contribution in [0.15, 0.2) is 18.6 Å². The Kier molecular flexibility index (Phi) is 2.05. The van der Waals surface area contributed by atoms with Crippen molar-refractivity contribution in [1.29, 1.82) is 0 Å². The molecule has 64 valence electrons. The normalized spacial score (nSPS) is 15.2. The summed E-state index contributed by atoms with van der Waals surface area (Å²) in [5, 5.41) is 17.9. The largest absolute Gasteiger partial charge is 0.479 e. The van der Waals surface area contributed by atoms with Crippen molar-refractivity contribution in [1.82, 2.24) is 9.97 Å². The minimum absolute atomic E-state index is 0.0255. The quantitative estimate of drug-likeness (QED) is 0.637. The number of aliphatic hydroxyl groups is 1. The Morgan fingerprint density at radius 2 is 2.25 bits per heavy atom. The first-order chi connectivity index (χ1) is 5.55. The van der Waals surface area contributed by atoms with E-state index in [1.54, 1.807) is 0 Å². The highest BCUT2D eigenvalue weighted by Gasteiger charge is 2.33. The molecule has 12 heavy (non-hydrogen) atoms. The molecule has 5 nitrogen and oxygen atoms in total. The van der Waals surface area contributed by atoms with E-state index in [-0.39, 0.29) is 5.69 Å². The molecule has 1 rings (SSSR count). The summed E-state index contributed by atoms with van der Waals surface area (Å²) in [4.78, 5) is 17.8. The number of nitrogens with zero attached hydrogens (tertiary/aromatic N) is 2. The van der Waals surface area contributed by atoms with Gasteiger partial charge in [0.25, 0.3) is 0 Å². The second-order valence-corrected chi connectivity index (χ2v) is 2.47. The Bertz CT molecular complexity index is 284. The number of rotatable bonds is 2. The van der Waals surface area contributed by atoms with Gasteiger partial charge in [0.2, 0.25) is 5.60 Å². The molecule has 0 saturated heterocycles. The summed E-state index contributed by atoms with van der Waals surface area (Å²) in [5.41, 5.74) is -1.94. The second-order valence-electron chi connectivity index (χ2n) is 2.47. The van der Waals surface area contributed by atoms with Gasteiger partial charge in [-0.05, 0) is 6.92 Å². The second kappa shape index (κ2) is 2.86. The van der Waals surface area contributed by atoms with E-state index in [1.165, 1.54) is 18.6 Å². The summed E-state index contributed by atoms with van der Waals surface area (Å²) >= 11 is 0. The van der Waals surface area contributed by atoms with Crippen molar-refractivity contribution >= 4 is 5.97 Å². The molecule has 0 aromatic carbocycles. The zero-order valence-corrected chi connectivity index (χ0v) is 6.43. The molecule has 0 aliphatic carbocycles. The molecule has 1 atom stereocenters. The van der Waals surface area contributed by atoms with Gasteiger partial charge in [0, 0.05) is 12.4 Å². The Labute approximate surface area is 68.7 Å². The van der Waals surface area contributed by atoms with E-state index in [0.29, 0.717) is 0 Å². The van der Waals surface area contributed by atoms with Crippen LogP contribution in [-0.2, 0) is 10.4 Å². The maximum atomic E-state index is 10.5.